The van der Waals surface area contributed by atoms with Crippen molar-refractivity contribution >= 4 is 17.2 Å². The maximum Gasteiger partial charge on any atom is 0.238 e. The van der Waals surface area contributed by atoms with Crippen molar-refractivity contribution in [3.05, 3.63) is 47.3 Å². The van der Waals surface area contributed by atoms with Crippen molar-refractivity contribution in [3.8, 4) is 10.4 Å². The molecule has 0 saturated carbocycles. The van der Waals surface area contributed by atoms with Crippen LogP contribution in [0.3, 0.4) is 0 Å². The quantitative estimate of drug-likeness (QED) is 0.804. The summed E-state index contributed by atoms with van der Waals surface area (Å²) in [7, 11) is 0. The third-order valence-electron chi connectivity index (χ3n) is 3.58. The Morgan fingerprint density at radius 1 is 1.24 bits per heavy atom. The van der Waals surface area contributed by atoms with Gasteiger partial charge in [0.1, 0.15) is 0 Å². The molecular formula is C16H19N3OS. The van der Waals surface area contributed by atoms with Crippen LogP contribution in [0.1, 0.15) is 5.56 Å². The Hall–Kier alpha value is -1.69. The second kappa shape index (κ2) is 6.85. The highest BCUT2D eigenvalue weighted by atomic mass is 32.1. The van der Waals surface area contributed by atoms with Crippen LogP contribution in [0.5, 0.6) is 0 Å². The highest BCUT2D eigenvalue weighted by molar-refractivity contribution is 7.13. The molecule has 2 aromatic rings. The van der Waals surface area contributed by atoms with Gasteiger partial charge in [-0.15, -0.1) is 11.3 Å². The lowest BCUT2D eigenvalue weighted by atomic mass is 10.1. The van der Waals surface area contributed by atoms with Gasteiger partial charge in [-0.1, -0.05) is 30.3 Å². The lowest BCUT2D eigenvalue weighted by Crippen LogP contribution is -2.55. The molecule has 4 nitrogen and oxygen atoms in total. The molecule has 1 unspecified atom stereocenters. The molecule has 0 aliphatic carbocycles. The molecular weight excluding hydrogens is 282 g/mol. The molecule has 110 valence electrons. The van der Waals surface area contributed by atoms with Crippen molar-refractivity contribution in [2.24, 2.45) is 0 Å². The molecule has 0 spiro atoms. The molecule has 2 heterocycles. The molecule has 3 rings (SSSR count). The van der Waals surface area contributed by atoms with Crippen LogP contribution in [0, 0.1) is 0 Å². The molecule has 1 fully saturated rings. The number of nitrogens with one attached hydrogen (secondary N) is 3. The summed E-state index contributed by atoms with van der Waals surface area (Å²) in [5, 5.41) is 11.5. The summed E-state index contributed by atoms with van der Waals surface area (Å²) < 4.78 is 0. The third kappa shape index (κ3) is 3.69. The van der Waals surface area contributed by atoms with E-state index in [1.807, 2.05) is 0 Å². The Morgan fingerprint density at radius 3 is 2.76 bits per heavy atom. The van der Waals surface area contributed by atoms with Crippen LogP contribution in [0.4, 0.5) is 0 Å². The van der Waals surface area contributed by atoms with Gasteiger partial charge in [0.05, 0.1) is 6.04 Å². The van der Waals surface area contributed by atoms with Crippen molar-refractivity contribution in [2.75, 3.05) is 19.6 Å². The van der Waals surface area contributed by atoms with Gasteiger partial charge in [-0.05, 0) is 22.6 Å². The van der Waals surface area contributed by atoms with Crippen molar-refractivity contribution < 1.29 is 4.79 Å². The van der Waals surface area contributed by atoms with E-state index >= 15 is 0 Å². The molecule has 5 heteroatoms. The molecule has 1 atom stereocenters. The summed E-state index contributed by atoms with van der Waals surface area (Å²) in [6, 6.07) is 12.4. The number of carbonyl (C=O) groups excluding carboxylic acids is 1. The first-order valence-corrected chi connectivity index (χ1v) is 8.05. The van der Waals surface area contributed by atoms with E-state index in [1.54, 1.807) is 11.3 Å². The van der Waals surface area contributed by atoms with Crippen LogP contribution in [0.2, 0.25) is 0 Å². The predicted molar refractivity (Wildman–Crippen MR) is 86.3 cm³/mol. The summed E-state index contributed by atoms with van der Waals surface area (Å²) in [6.45, 7) is 3.03. The van der Waals surface area contributed by atoms with E-state index in [4.69, 9.17) is 0 Å². The second-order valence-electron chi connectivity index (χ2n) is 5.10. The number of carbonyl (C=O) groups is 1. The average molecular weight is 301 g/mol. The molecule has 1 aliphatic heterocycles. The fraction of sp³-hybridized carbons (Fsp3) is 0.312. The van der Waals surface area contributed by atoms with Gasteiger partial charge in [0.2, 0.25) is 5.91 Å². The van der Waals surface area contributed by atoms with Crippen molar-refractivity contribution in [1.82, 2.24) is 16.0 Å². The smallest absolute Gasteiger partial charge is 0.238 e. The van der Waals surface area contributed by atoms with E-state index in [9.17, 15) is 4.79 Å². The SMILES string of the molecule is O=C(NCc1ccc(-c2cccs2)cc1)C1CNCCN1. The van der Waals surface area contributed by atoms with E-state index in [-0.39, 0.29) is 11.9 Å². The zero-order valence-corrected chi connectivity index (χ0v) is 12.6. The van der Waals surface area contributed by atoms with E-state index in [1.165, 1.54) is 10.4 Å². The maximum absolute atomic E-state index is 12.0. The van der Waals surface area contributed by atoms with Gasteiger partial charge < -0.3 is 16.0 Å². The topological polar surface area (TPSA) is 53.2 Å². The standard InChI is InChI=1S/C16H19N3OS/c20-16(14-11-17-7-8-18-14)19-10-12-3-5-13(6-4-12)15-2-1-9-21-15/h1-6,9,14,17-18H,7-8,10-11H2,(H,19,20). The lowest BCUT2D eigenvalue weighted by Gasteiger charge is -2.23. The third-order valence-corrected chi connectivity index (χ3v) is 4.50. The first kappa shape index (κ1) is 14.3. The number of hydrogen-bond acceptors (Lipinski definition) is 4. The van der Waals surface area contributed by atoms with Crippen molar-refractivity contribution in [3.63, 3.8) is 0 Å². The Morgan fingerprint density at radius 2 is 2.10 bits per heavy atom. The minimum atomic E-state index is -0.121. The Balaban J connectivity index is 1.54. The largest absolute Gasteiger partial charge is 0.351 e. The van der Waals surface area contributed by atoms with Crippen molar-refractivity contribution in [1.29, 1.82) is 0 Å². The predicted octanol–water partition coefficient (Wildman–Crippen LogP) is 1.59. The van der Waals surface area contributed by atoms with Gasteiger partial charge in [0, 0.05) is 31.1 Å². The minimum absolute atomic E-state index is 0.0598. The molecule has 1 amide bonds. The summed E-state index contributed by atoms with van der Waals surface area (Å²) in [4.78, 5) is 13.3. The maximum atomic E-state index is 12.0. The molecule has 1 aromatic carbocycles. The highest BCUT2D eigenvalue weighted by Gasteiger charge is 2.19. The zero-order chi connectivity index (χ0) is 14.5. The highest BCUT2D eigenvalue weighted by Crippen LogP contribution is 2.24. The van der Waals surface area contributed by atoms with E-state index in [2.05, 4.69) is 57.7 Å². The van der Waals surface area contributed by atoms with Crippen LogP contribution < -0.4 is 16.0 Å². The number of benzene rings is 1. The number of hydrogen-bond donors (Lipinski definition) is 3. The fourth-order valence-corrected chi connectivity index (χ4v) is 3.11. The zero-order valence-electron chi connectivity index (χ0n) is 11.8. The molecule has 1 aromatic heterocycles. The van der Waals surface area contributed by atoms with E-state index in [0.29, 0.717) is 13.1 Å². The van der Waals surface area contributed by atoms with Crippen molar-refractivity contribution in [2.45, 2.75) is 12.6 Å². The fourth-order valence-electron chi connectivity index (χ4n) is 2.38. The van der Waals surface area contributed by atoms with Gasteiger partial charge in [0.15, 0.2) is 0 Å². The number of thiophene rings is 1. The van der Waals surface area contributed by atoms with Gasteiger partial charge in [-0.25, -0.2) is 0 Å². The minimum Gasteiger partial charge on any atom is -0.351 e. The van der Waals surface area contributed by atoms with Crippen LogP contribution in [-0.2, 0) is 11.3 Å². The van der Waals surface area contributed by atoms with Crippen LogP contribution in [0.15, 0.2) is 41.8 Å². The van der Waals surface area contributed by atoms with E-state index in [0.717, 1.165) is 18.7 Å². The summed E-state index contributed by atoms with van der Waals surface area (Å²) in [5.74, 6) is 0.0598. The summed E-state index contributed by atoms with van der Waals surface area (Å²) >= 11 is 1.73. The van der Waals surface area contributed by atoms with Gasteiger partial charge in [0.25, 0.3) is 0 Å². The molecule has 1 aliphatic rings. The Labute approximate surface area is 128 Å². The van der Waals surface area contributed by atoms with Gasteiger partial charge >= 0.3 is 0 Å². The molecule has 0 radical (unpaired) electrons. The lowest BCUT2D eigenvalue weighted by molar-refractivity contribution is -0.123. The van der Waals surface area contributed by atoms with E-state index < -0.39 is 0 Å². The summed E-state index contributed by atoms with van der Waals surface area (Å²) in [6.07, 6.45) is 0. The normalized spacial score (nSPS) is 18.4. The Bertz CT molecular complexity index is 574. The molecule has 21 heavy (non-hydrogen) atoms. The average Bonchev–Trinajstić information content (AvgIpc) is 3.08. The first-order valence-electron chi connectivity index (χ1n) is 7.17. The van der Waals surface area contributed by atoms with Crippen LogP contribution in [0.25, 0.3) is 10.4 Å². The molecule has 3 N–H and O–H groups in total. The number of piperazine rings is 1. The summed E-state index contributed by atoms with van der Waals surface area (Å²) in [5.41, 5.74) is 2.34. The Kier molecular flexibility index (Phi) is 4.65. The molecule has 1 saturated heterocycles. The van der Waals surface area contributed by atoms with Gasteiger partial charge in [-0.2, -0.15) is 0 Å². The monoisotopic (exact) mass is 301 g/mol. The number of rotatable bonds is 4. The number of amides is 1. The van der Waals surface area contributed by atoms with Crippen LogP contribution >= 0.6 is 11.3 Å². The molecule has 0 bridgehead atoms. The van der Waals surface area contributed by atoms with Crippen LogP contribution in [-0.4, -0.2) is 31.6 Å². The first-order chi connectivity index (χ1) is 10.3. The second-order valence-corrected chi connectivity index (χ2v) is 6.05. The van der Waals surface area contributed by atoms with Gasteiger partial charge in [-0.3, -0.25) is 4.79 Å².